The van der Waals surface area contributed by atoms with Crippen molar-refractivity contribution in [2.75, 3.05) is 13.2 Å². The second-order valence-corrected chi connectivity index (χ2v) is 5.64. The highest BCUT2D eigenvalue weighted by molar-refractivity contribution is 4.76. The van der Waals surface area contributed by atoms with Gasteiger partial charge in [0.1, 0.15) is 0 Å². The van der Waals surface area contributed by atoms with Gasteiger partial charge in [0.25, 0.3) is 0 Å². The Bertz CT molecular complexity index is 128. The molecule has 0 aliphatic carbocycles. The Kier molecular flexibility index (Phi) is 6.43. The highest BCUT2D eigenvalue weighted by Crippen LogP contribution is 2.33. The standard InChI is InChI=1S/C13H28O/c1-7-14-10-13(6,8-11(2)3)9-12(4)5/h11-12H,7-10H2,1-6H3. The molecule has 0 fully saturated rings. The van der Waals surface area contributed by atoms with E-state index in [-0.39, 0.29) is 0 Å². The van der Waals surface area contributed by atoms with Crippen LogP contribution in [0.15, 0.2) is 0 Å². The summed E-state index contributed by atoms with van der Waals surface area (Å²) in [6.45, 7) is 15.4. The molecule has 1 nitrogen and oxygen atoms in total. The summed E-state index contributed by atoms with van der Waals surface area (Å²) in [7, 11) is 0. The molecule has 0 bridgehead atoms. The number of rotatable bonds is 7. The molecule has 0 heterocycles. The van der Waals surface area contributed by atoms with Crippen molar-refractivity contribution in [3.8, 4) is 0 Å². The van der Waals surface area contributed by atoms with Crippen LogP contribution in [0.1, 0.15) is 54.4 Å². The van der Waals surface area contributed by atoms with E-state index < -0.39 is 0 Å². The molecule has 0 aliphatic rings. The Labute approximate surface area is 90.2 Å². The maximum Gasteiger partial charge on any atom is 0.0519 e. The van der Waals surface area contributed by atoms with E-state index in [0.29, 0.717) is 5.41 Å². The summed E-state index contributed by atoms with van der Waals surface area (Å²) in [5, 5.41) is 0. The van der Waals surface area contributed by atoms with Gasteiger partial charge in [-0.15, -0.1) is 0 Å². The molecule has 0 saturated heterocycles. The van der Waals surface area contributed by atoms with E-state index in [2.05, 4.69) is 41.5 Å². The van der Waals surface area contributed by atoms with Crippen molar-refractivity contribution < 1.29 is 4.74 Å². The van der Waals surface area contributed by atoms with E-state index in [1.807, 2.05) is 0 Å². The van der Waals surface area contributed by atoms with Gasteiger partial charge in [0.05, 0.1) is 6.61 Å². The van der Waals surface area contributed by atoms with E-state index >= 15 is 0 Å². The monoisotopic (exact) mass is 200 g/mol. The molecule has 0 radical (unpaired) electrons. The van der Waals surface area contributed by atoms with Crippen molar-refractivity contribution in [1.82, 2.24) is 0 Å². The SMILES string of the molecule is CCOCC(C)(CC(C)C)CC(C)C. The molecule has 14 heavy (non-hydrogen) atoms. The summed E-state index contributed by atoms with van der Waals surface area (Å²) < 4.78 is 5.60. The average molecular weight is 200 g/mol. The zero-order valence-electron chi connectivity index (χ0n) is 10.9. The Hall–Kier alpha value is -0.0400. The lowest BCUT2D eigenvalue weighted by molar-refractivity contribution is 0.0350. The summed E-state index contributed by atoms with van der Waals surface area (Å²) in [6, 6.07) is 0. The van der Waals surface area contributed by atoms with Crippen LogP contribution in [0.2, 0.25) is 0 Å². The molecule has 0 aromatic rings. The van der Waals surface area contributed by atoms with Crippen molar-refractivity contribution in [3.05, 3.63) is 0 Å². The second kappa shape index (κ2) is 6.44. The Morgan fingerprint density at radius 3 is 1.71 bits per heavy atom. The lowest BCUT2D eigenvalue weighted by Gasteiger charge is -2.32. The van der Waals surface area contributed by atoms with Crippen LogP contribution in [0.25, 0.3) is 0 Å². The zero-order valence-corrected chi connectivity index (χ0v) is 10.9. The first-order valence-electron chi connectivity index (χ1n) is 5.97. The fraction of sp³-hybridized carbons (Fsp3) is 1.00. The minimum Gasteiger partial charge on any atom is -0.381 e. The Morgan fingerprint density at radius 2 is 1.43 bits per heavy atom. The third-order valence-electron chi connectivity index (χ3n) is 2.46. The lowest BCUT2D eigenvalue weighted by Crippen LogP contribution is -2.27. The van der Waals surface area contributed by atoms with Crippen LogP contribution in [0.5, 0.6) is 0 Å². The minimum atomic E-state index is 0.373. The van der Waals surface area contributed by atoms with Crippen LogP contribution in [-0.4, -0.2) is 13.2 Å². The van der Waals surface area contributed by atoms with Gasteiger partial charge in [0.2, 0.25) is 0 Å². The van der Waals surface area contributed by atoms with Gasteiger partial charge in [0.15, 0.2) is 0 Å². The molecular formula is C13H28O. The van der Waals surface area contributed by atoms with Gasteiger partial charge < -0.3 is 4.74 Å². The topological polar surface area (TPSA) is 9.23 Å². The number of hydrogen-bond acceptors (Lipinski definition) is 1. The molecule has 0 aromatic heterocycles. The summed E-state index contributed by atoms with van der Waals surface area (Å²) in [6.07, 6.45) is 2.54. The highest BCUT2D eigenvalue weighted by atomic mass is 16.5. The van der Waals surface area contributed by atoms with Crippen LogP contribution in [0.4, 0.5) is 0 Å². The van der Waals surface area contributed by atoms with Crippen molar-refractivity contribution in [2.24, 2.45) is 17.3 Å². The normalized spacial score (nSPS) is 12.9. The maximum atomic E-state index is 5.60. The first-order valence-corrected chi connectivity index (χ1v) is 5.97. The lowest BCUT2D eigenvalue weighted by atomic mass is 9.76. The van der Waals surface area contributed by atoms with Crippen molar-refractivity contribution in [1.29, 1.82) is 0 Å². The molecule has 0 aromatic carbocycles. The van der Waals surface area contributed by atoms with E-state index in [0.717, 1.165) is 25.0 Å². The van der Waals surface area contributed by atoms with Gasteiger partial charge >= 0.3 is 0 Å². The summed E-state index contributed by atoms with van der Waals surface area (Å²) in [5.41, 5.74) is 0.373. The molecular weight excluding hydrogens is 172 g/mol. The number of hydrogen-bond donors (Lipinski definition) is 0. The van der Waals surface area contributed by atoms with Gasteiger partial charge in [0, 0.05) is 6.61 Å². The molecule has 1 heteroatoms. The molecule has 0 spiro atoms. The largest absolute Gasteiger partial charge is 0.381 e. The molecule has 0 aliphatic heterocycles. The van der Waals surface area contributed by atoms with Gasteiger partial charge in [-0.05, 0) is 37.0 Å². The smallest absolute Gasteiger partial charge is 0.0519 e. The van der Waals surface area contributed by atoms with Crippen LogP contribution in [0, 0.1) is 17.3 Å². The molecule has 0 atom stereocenters. The van der Waals surface area contributed by atoms with Crippen LogP contribution in [0.3, 0.4) is 0 Å². The van der Waals surface area contributed by atoms with Gasteiger partial charge in [-0.2, -0.15) is 0 Å². The van der Waals surface area contributed by atoms with E-state index in [1.54, 1.807) is 0 Å². The first kappa shape index (κ1) is 14.0. The number of ether oxygens (including phenoxy) is 1. The van der Waals surface area contributed by atoms with Crippen molar-refractivity contribution in [3.63, 3.8) is 0 Å². The molecule has 0 amide bonds. The van der Waals surface area contributed by atoms with E-state index in [1.165, 1.54) is 12.8 Å². The third kappa shape index (κ3) is 6.42. The van der Waals surface area contributed by atoms with E-state index in [4.69, 9.17) is 4.74 Å². The highest BCUT2D eigenvalue weighted by Gasteiger charge is 2.26. The molecule has 86 valence electrons. The van der Waals surface area contributed by atoms with Gasteiger partial charge in [-0.3, -0.25) is 0 Å². The molecule has 0 N–H and O–H groups in total. The van der Waals surface area contributed by atoms with E-state index in [9.17, 15) is 0 Å². The average Bonchev–Trinajstić information content (AvgIpc) is 1.97. The molecule has 0 unspecified atom stereocenters. The molecule has 0 rings (SSSR count). The van der Waals surface area contributed by atoms with Crippen LogP contribution >= 0.6 is 0 Å². The van der Waals surface area contributed by atoms with Crippen LogP contribution in [-0.2, 0) is 4.74 Å². The first-order chi connectivity index (χ1) is 6.39. The third-order valence-corrected chi connectivity index (χ3v) is 2.46. The summed E-state index contributed by atoms with van der Waals surface area (Å²) in [4.78, 5) is 0. The van der Waals surface area contributed by atoms with Crippen LogP contribution < -0.4 is 0 Å². The second-order valence-electron chi connectivity index (χ2n) is 5.64. The fourth-order valence-corrected chi connectivity index (χ4v) is 2.52. The Morgan fingerprint density at radius 1 is 1.00 bits per heavy atom. The predicted molar refractivity (Wildman–Crippen MR) is 63.5 cm³/mol. The van der Waals surface area contributed by atoms with Crippen molar-refractivity contribution >= 4 is 0 Å². The molecule has 0 saturated carbocycles. The quantitative estimate of drug-likeness (QED) is 0.600. The fourth-order valence-electron chi connectivity index (χ4n) is 2.52. The summed E-state index contributed by atoms with van der Waals surface area (Å²) in [5.74, 6) is 1.53. The summed E-state index contributed by atoms with van der Waals surface area (Å²) >= 11 is 0. The zero-order chi connectivity index (χ0) is 11.2. The van der Waals surface area contributed by atoms with Gasteiger partial charge in [-0.25, -0.2) is 0 Å². The van der Waals surface area contributed by atoms with Crippen molar-refractivity contribution in [2.45, 2.75) is 54.4 Å². The predicted octanol–water partition coefficient (Wildman–Crippen LogP) is 4.12. The Balaban J connectivity index is 4.17. The maximum absolute atomic E-state index is 5.60. The minimum absolute atomic E-state index is 0.373. The van der Waals surface area contributed by atoms with Gasteiger partial charge in [-0.1, -0.05) is 34.6 Å².